The van der Waals surface area contributed by atoms with Gasteiger partial charge in [0, 0.05) is 32.3 Å². The first-order chi connectivity index (χ1) is 10.8. The molecule has 0 aromatic rings. The van der Waals surface area contributed by atoms with E-state index in [1.54, 1.807) is 7.11 Å². The Morgan fingerprint density at radius 3 is 2.74 bits per heavy atom. The van der Waals surface area contributed by atoms with Gasteiger partial charge >= 0.3 is 6.09 Å². The molecule has 0 aliphatic carbocycles. The molecule has 2 unspecified atom stereocenters. The largest absolute Gasteiger partial charge is 0.444 e. The Bertz CT molecular complexity index is 344. The Kier molecular flexibility index (Phi) is 8.87. The van der Waals surface area contributed by atoms with Crippen molar-refractivity contribution in [2.24, 2.45) is 0 Å². The van der Waals surface area contributed by atoms with Crippen molar-refractivity contribution in [2.75, 3.05) is 40.4 Å². The first-order valence-electron chi connectivity index (χ1n) is 8.70. The molecule has 0 aromatic heterocycles. The van der Waals surface area contributed by atoms with Crippen LogP contribution in [0.1, 0.15) is 46.5 Å². The molecule has 1 heterocycles. The normalized spacial score (nSPS) is 21.0. The predicted molar refractivity (Wildman–Crippen MR) is 92.8 cm³/mol. The molecule has 2 N–H and O–H groups in total. The molecular formula is C17H35N3O3. The van der Waals surface area contributed by atoms with E-state index in [0.717, 1.165) is 19.4 Å². The molecule has 0 spiro atoms. The number of ether oxygens (including phenoxy) is 2. The molecule has 6 heteroatoms. The molecule has 1 amide bonds. The topological polar surface area (TPSA) is 62.8 Å². The number of likely N-dealkylation sites (tertiary alicyclic amines) is 1. The predicted octanol–water partition coefficient (Wildman–Crippen LogP) is 1.99. The molecule has 1 rings (SSSR count). The first-order valence-corrected chi connectivity index (χ1v) is 8.70. The summed E-state index contributed by atoms with van der Waals surface area (Å²) in [5.74, 6) is 0. The molecule has 0 saturated carbocycles. The highest BCUT2D eigenvalue weighted by molar-refractivity contribution is 5.67. The number of piperidine rings is 1. The summed E-state index contributed by atoms with van der Waals surface area (Å²) < 4.78 is 10.6. The van der Waals surface area contributed by atoms with Gasteiger partial charge < -0.3 is 25.0 Å². The fourth-order valence-corrected chi connectivity index (χ4v) is 2.90. The lowest BCUT2D eigenvalue weighted by Crippen LogP contribution is -2.49. The minimum absolute atomic E-state index is 0.330. The lowest BCUT2D eigenvalue weighted by molar-refractivity contribution is 0.0525. The van der Waals surface area contributed by atoms with Gasteiger partial charge in [0.1, 0.15) is 5.60 Å². The standard InChI is InChI=1S/C17H35N3O3/c1-17(2,3)23-16(21)18-10-6-8-15(13-22-5)19-14-9-7-11-20(4)12-14/h14-15,19H,6-13H2,1-5H3,(H,18,21). The van der Waals surface area contributed by atoms with Gasteiger partial charge in [0.05, 0.1) is 6.61 Å². The number of amides is 1. The second-order valence-corrected chi connectivity index (χ2v) is 7.49. The zero-order valence-corrected chi connectivity index (χ0v) is 15.5. The summed E-state index contributed by atoms with van der Waals surface area (Å²) in [6.45, 7) is 9.21. The number of carbonyl (C=O) groups excluding carboxylic acids is 1. The van der Waals surface area contributed by atoms with Crippen molar-refractivity contribution in [3.05, 3.63) is 0 Å². The van der Waals surface area contributed by atoms with Crippen LogP contribution < -0.4 is 10.6 Å². The number of carbonyl (C=O) groups is 1. The maximum Gasteiger partial charge on any atom is 0.407 e. The van der Waals surface area contributed by atoms with Gasteiger partial charge in [-0.1, -0.05) is 0 Å². The van der Waals surface area contributed by atoms with E-state index < -0.39 is 5.60 Å². The van der Waals surface area contributed by atoms with E-state index in [1.165, 1.54) is 19.4 Å². The number of alkyl carbamates (subject to hydrolysis) is 1. The summed E-state index contributed by atoms with van der Waals surface area (Å²) in [5, 5.41) is 6.51. The van der Waals surface area contributed by atoms with Crippen LogP contribution in [0.15, 0.2) is 0 Å². The molecular weight excluding hydrogens is 294 g/mol. The number of likely N-dealkylation sites (N-methyl/N-ethyl adjacent to an activating group) is 1. The highest BCUT2D eigenvalue weighted by Gasteiger charge is 2.20. The molecule has 1 fully saturated rings. The van der Waals surface area contributed by atoms with E-state index in [-0.39, 0.29) is 6.09 Å². The van der Waals surface area contributed by atoms with Crippen molar-refractivity contribution in [1.29, 1.82) is 0 Å². The summed E-state index contributed by atoms with van der Waals surface area (Å²) in [7, 11) is 3.91. The lowest BCUT2D eigenvalue weighted by atomic mass is 10.0. The number of rotatable bonds is 8. The molecule has 1 saturated heterocycles. The van der Waals surface area contributed by atoms with Crippen LogP contribution >= 0.6 is 0 Å². The lowest BCUT2D eigenvalue weighted by Gasteiger charge is -2.33. The van der Waals surface area contributed by atoms with Crippen LogP contribution in [-0.4, -0.2) is 69.1 Å². The summed E-state index contributed by atoms with van der Waals surface area (Å²) >= 11 is 0. The average Bonchev–Trinajstić information content (AvgIpc) is 2.42. The number of methoxy groups -OCH3 is 1. The zero-order valence-electron chi connectivity index (χ0n) is 15.5. The van der Waals surface area contributed by atoms with Crippen molar-refractivity contribution in [2.45, 2.75) is 64.1 Å². The van der Waals surface area contributed by atoms with Gasteiger partial charge in [-0.3, -0.25) is 0 Å². The van der Waals surface area contributed by atoms with E-state index >= 15 is 0 Å². The van der Waals surface area contributed by atoms with Crippen molar-refractivity contribution < 1.29 is 14.3 Å². The smallest absolute Gasteiger partial charge is 0.407 e. The third-order valence-electron chi connectivity index (χ3n) is 3.86. The first kappa shape index (κ1) is 20.2. The molecule has 1 aliphatic rings. The van der Waals surface area contributed by atoms with E-state index in [1.807, 2.05) is 20.8 Å². The second-order valence-electron chi connectivity index (χ2n) is 7.49. The molecule has 0 aromatic carbocycles. The fraction of sp³-hybridized carbons (Fsp3) is 0.941. The van der Waals surface area contributed by atoms with E-state index in [4.69, 9.17) is 9.47 Å². The number of nitrogens with one attached hydrogen (secondary N) is 2. The number of hydrogen-bond acceptors (Lipinski definition) is 5. The Balaban J connectivity index is 2.23. The quantitative estimate of drug-likeness (QED) is 0.667. The summed E-state index contributed by atoms with van der Waals surface area (Å²) in [4.78, 5) is 14.0. The van der Waals surface area contributed by atoms with Gasteiger partial charge in [-0.25, -0.2) is 4.79 Å². The maximum atomic E-state index is 11.6. The highest BCUT2D eigenvalue weighted by atomic mass is 16.6. The Hall–Kier alpha value is -0.850. The summed E-state index contributed by atoms with van der Waals surface area (Å²) in [5.41, 5.74) is -0.447. The van der Waals surface area contributed by atoms with Crippen LogP contribution in [0.2, 0.25) is 0 Å². The van der Waals surface area contributed by atoms with Crippen molar-refractivity contribution in [3.63, 3.8) is 0 Å². The van der Waals surface area contributed by atoms with Crippen molar-refractivity contribution in [3.8, 4) is 0 Å². The van der Waals surface area contributed by atoms with Gasteiger partial charge in [-0.05, 0) is 60.0 Å². The SMILES string of the molecule is COCC(CCCNC(=O)OC(C)(C)C)NC1CCCN(C)C1. The van der Waals surface area contributed by atoms with Crippen molar-refractivity contribution >= 4 is 6.09 Å². The van der Waals surface area contributed by atoms with Gasteiger partial charge in [-0.2, -0.15) is 0 Å². The van der Waals surface area contributed by atoms with E-state index in [9.17, 15) is 4.79 Å². The summed E-state index contributed by atoms with van der Waals surface area (Å²) in [6.07, 6.45) is 4.00. The molecule has 0 radical (unpaired) electrons. The molecule has 136 valence electrons. The molecule has 2 atom stereocenters. The molecule has 0 bridgehead atoms. The van der Waals surface area contributed by atoms with E-state index in [0.29, 0.717) is 25.2 Å². The van der Waals surface area contributed by atoms with Gasteiger partial charge in [-0.15, -0.1) is 0 Å². The second kappa shape index (κ2) is 10.1. The Labute approximate surface area is 141 Å². The average molecular weight is 329 g/mol. The molecule has 6 nitrogen and oxygen atoms in total. The monoisotopic (exact) mass is 329 g/mol. The molecule has 1 aliphatic heterocycles. The van der Waals surface area contributed by atoms with Crippen LogP contribution in [0.4, 0.5) is 4.79 Å². The maximum absolute atomic E-state index is 11.6. The third kappa shape index (κ3) is 9.79. The van der Waals surface area contributed by atoms with Gasteiger partial charge in [0.25, 0.3) is 0 Å². The van der Waals surface area contributed by atoms with Crippen LogP contribution in [0.5, 0.6) is 0 Å². The number of hydrogen-bond donors (Lipinski definition) is 2. The third-order valence-corrected chi connectivity index (χ3v) is 3.86. The minimum Gasteiger partial charge on any atom is -0.444 e. The van der Waals surface area contributed by atoms with Crippen molar-refractivity contribution in [1.82, 2.24) is 15.5 Å². The van der Waals surface area contributed by atoms with Crippen LogP contribution in [0.25, 0.3) is 0 Å². The molecule has 23 heavy (non-hydrogen) atoms. The van der Waals surface area contributed by atoms with Gasteiger partial charge in [0.2, 0.25) is 0 Å². The fourth-order valence-electron chi connectivity index (χ4n) is 2.90. The van der Waals surface area contributed by atoms with Crippen LogP contribution in [0.3, 0.4) is 0 Å². The Morgan fingerprint density at radius 1 is 1.39 bits per heavy atom. The minimum atomic E-state index is -0.447. The summed E-state index contributed by atoms with van der Waals surface area (Å²) in [6, 6.07) is 0.865. The highest BCUT2D eigenvalue weighted by Crippen LogP contribution is 2.10. The van der Waals surface area contributed by atoms with Gasteiger partial charge in [0.15, 0.2) is 0 Å². The zero-order chi connectivity index (χ0) is 17.3. The van der Waals surface area contributed by atoms with Crippen LogP contribution in [-0.2, 0) is 9.47 Å². The Morgan fingerprint density at radius 2 is 2.13 bits per heavy atom. The van der Waals surface area contributed by atoms with Crippen LogP contribution in [0, 0.1) is 0 Å². The van der Waals surface area contributed by atoms with E-state index in [2.05, 4.69) is 22.6 Å². The number of nitrogens with zero attached hydrogens (tertiary/aromatic N) is 1.